The summed E-state index contributed by atoms with van der Waals surface area (Å²) >= 11 is 0. The van der Waals surface area contributed by atoms with Crippen LogP contribution >= 0.6 is 0 Å². The number of aliphatic hydroxyl groups is 1. The number of ketones is 1. The summed E-state index contributed by atoms with van der Waals surface area (Å²) in [5.74, 6) is 1.39. The van der Waals surface area contributed by atoms with E-state index in [9.17, 15) is 9.90 Å². The fourth-order valence-electron chi connectivity index (χ4n) is 6.68. The zero-order chi connectivity index (χ0) is 21.1. The number of furan rings is 1. The summed E-state index contributed by atoms with van der Waals surface area (Å²) in [6.07, 6.45) is 6.75. The molecule has 2 saturated carbocycles. The molecule has 0 unspecified atom stereocenters. The minimum atomic E-state index is -1.15. The van der Waals surface area contributed by atoms with Gasteiger partial charge in [-0.3, -0.25) is 4.79 Å². The minimum Gasteiger partial charge on any atom is -0.469 e. The molecule has 2 aliphatic carbocycles. The van der Waals surface area contributed by atoms with Crippen LogP contribution in [0.2, 0.25) is 0 Å². The van der Waals surface area contributed by atoms with Crippen LogP contribution in [0.1, 0.15) is 65.2 Å². The lowest BCUT2D eigenvalue weighted by Crippen LogP contribution is -2.62. The quantitative estimate of drug-likeness (QED) is 0.732. The number of carbonyl (C=O) groups excluding carboxylic acids is 1. The largest absolute Gasteiger partial charge is 0.469 e. The Morgan fingerprint density at radius 1 is 1.31 bits per heavy atom. The van der Waals surface area contributed by atoms with E-state index >= 15 is 0 Å². The fraction of sp³-hybridized carbons (Fsp3) is 0.720. The van der Waals surface area contributed by atoms with Crippen LogP contribution in [0.15, 0.2) is 28.4 Å². The molecule has 1 aromatic rings. The van der Waals surface area contributed by atoms with Crippen LogP contribution in [-0.4, -0.2) is 28.2 Å². The number of allylic oxidation sites excluding steroid dienone is 1. The molecule has 0 radical (unpaired) electrons. The van der Waals surface area contributed by atoms with Gasteiger partial charge in [-0.1, -0.05) is 25.5 Å². The molecule has 1 aromatic heterocycles. The first-order valence-electron chi connectivity index (χ1n) is 11.2. The third kappa shape index (κ3) is 3.06. The smallest absolute Gasteiger partial charge is 0.145 e. The fourth-order valence-corrected chi connectivity index (χ4v) is 6.68. The van der Waals surface area contributed by atoms with Gasteiger partial charge in [-0.2, -0.15) is 0 Å². The number of rotatable bonds is 4. The Morgan fingerprint density at radius 3 is 2.66 bits per heavy atom. The molecule has 1 N–H and O–H groups in total. The Hall–Kier alpha value is -1.39. The third-order valence-electron chi connectivity index (χ3n) is 8.24. The average Bonchev–Trinajstić information content (AvgIpc) is 3.28. The maximum Gasteiger partial charge on any atom is 0.145 e. The molecule has 1 saturated heterocycles. The number of ether oxygens (including phenoxy) is 1. The molecular formula is C25H36O4. The number of fused-ring (bicyclic) bond motifs is 2. The molecule has 0 amide bonds. The van der Waals surface area contributed by atoms with Gasteiger partial charge >= 0.3 is 0 Å². The number of aryl methyl sites for hydroxylation is 2. The topological polar surface area (TPSA) is 59.7 Å². The van der Waals surface area contributed by atoms with Crippen LogP contribution in [0.5, 0.6) is 0 Å². The van der Waals surface area contributed by atoms with Gasteiger partial charge in [0.15, 0.2) is 0 Å². The summed E-state index contributed by atoms with van der Waals surface area (Å²) in [6, 6.07) is 1.97. The minimum absolute atomic E-state index is 0.0351. The molecule has 8 atom stereocenters. The maximum atomic E-state index is 13.8. The molecular weight excluding hydrogens is 364 g/mol. The van der Waals surface area contributed by atoms with Crippen molar-refractivity contribution in [2.75, 3.05) is 0 Å². The van der Waals surface area contributed by atoms with Gasteiger partial charge in [-0.15, -0.1) is 0 Å². The third-order valence-corrected chi connectivity index (χ3v) is 8.24. The SMILES string of the molecule is CC(C)=C[C@H]1O[C@@](C)(CCc2occc2C)[C@@H]2C(=O)[C@@H]3[C@@H](CC[C@@H]3C)[C@H](C)[C@@]21O. The molecule has 0 bridgehead atoms. The van der Waals surface area contributed by atoms with Crippen molar-refractivity contribution in [2.45, 2.75) is 84.5 Å². The molecule has 2 heterocycles. The van der Waals surface area contributed by atoms with E-state index in [1.54, 1.807) is 6.26 Å². The maximum absolute atomic E-state index is 13.8. The summed E-state index contributed by atoms with van der Waals surface area (Å²) in [6.45, 7) is 12.5. The first-order chi connectivity index (χ1) is 13.6. The van der Waals surface area contributed by atoms with Crippen molar-refractivity contribution in [3.63, 3.8) is 0 Å². The highest BCUT2D eigenvalue weighted by atomic mass is 16.5. The van der Waals surface area contributed by atoms with E-state index in [4.69, 9.17) is 9.15 Å². The number of carbonyl (C=O) groups is 1. The first-order valence-corrected chi connectivity index (χ1v) is 11.2. The Balaban J connectivity index is 1.74. The normalized spacial score (nSPS) is 43.9. The summed E-state index contributed by atoms with van der Waals surface area (Å²) < 4.78 is 12.2. The molecule has 0 spiro atoms. The molecule has 4 rings (SSSR count). The van der Waals surface area contributed by atoms with Crippen molar-refractivity contribution < 1.29 is 19.1 Å². The predicted octanol–water partition coefficient (Wildman–Crippen LogP) is 4.87. The van der Waals surface area contributed by atoms with E-state index in [0.717, 1.165) is 29.7 Å². The van der Waals surface area contributed by atoms with Gasteiger partial charge in [0.25, 0.3) is 0 Å². The van der Waals surface area contributed by atoms with Crippen LogP contribution in [0.3, 0.4) is 0 Å². The molecule has 29 heavy (non-hydrogen) atoms. The highest BCUT2D eigenvalue weighted by Crippen LogP contribution is 2.60. The Labute approximate surface area is 174 Å². The van der Waals surface area contributed by atoms with Gasteiger partial charge in [0.05, 0.1) is 17.8 Å². The van der Waals surface area contributed by atoms with Gasteiger partial charge in [0, 0.05) is 12.3 Å². The van der Waals surface area contributed by atoms with Crippen LogP contribution in [0.4, 0.5) is 0 Å². The second-order valence-corrected chi connectivity index (χ2v) is 10.4. The second kappa shape index (κ2) is 7.09. The van der Waals surface area contributed by atoms with Crippen molar-refractivity contribution >= 4 is 5.78 Å². The van der Waals surface area contributed by atoms with E-state index in [1.807, 2.05) is 39.8 Å². The van der Waals surface area contributed by atoms with E-state index < -0.39 is 23.2 Å². The lowest BCUT2D eigenvalue weighted by atomic mass is 9.55. The lowest BCUT2D eigenvalue weighted by molar-refractivity contribution is -0.161. The molecule has 0 aromatic carbocycles. The van der Waals surface area contributed by atoms with Crippen molar-refractivity contribution in [3.8, 4) is 0 Å². The lowest BCUT2D eigenvalue weighted by Gasteiger charge is -2.49. The van der Waals surface area contributed by atoms with Crippen LogP contribution in [0.25, 0.3) is 0 Å². The van der Waals surface area contributed by atoms with Crippen LogP contribution in [0, 0.1) is 36.5 Å². The Bertz CT molecular complexity index is 819. The summed E-state index contributed by atoms with van der Waals surface area (Å²) in [5, 5.41) is 12.1. The molecule has 1 aliphatic heterocycles. The van der Waals surface area contributed by atoms with Crippen molar-refractivity contribution in [1.82, 2.24) is 0 Å². The number of hydrogen-bond acceptors (Lipinski definition) is 4. The Morgan fingerprint density at radius 2 is 2.03 bits per heavy atom. The molecule has 160 valence electrons. The first kappa shape index (κ1) is 20.9. The summed E-state index contributed by atoms with van der Waals surface area (Å²) in [4.78, 5) is 13.8. The van der Waals surface area contributed by atoms with Crippen LogP contribution in [-0.2, 0) is 16.0 Å². The predicted molar refractivity (Wildman–Crippen MR) is 112 cm³/mol. The van der Waals surface area contributed by atoms with E-state index in [1.165, 1.54) is 0 Å². The number of Topliss-reactive ketones (excluding diaryl/α,β-unsaturated/α-hetero) is 1. The number of hydrogen-bond donors (Lipinski definition) is 1. The van der Waals surface area contributed by atoms with Crippen LogP contribution < -0.4 is 0 Å². The summed E-state index contributed by atoms with van der Waals surface area (Å²) in [7, 11) is 0. The van der Waals surface area contributed by atoms with E-state index in [0.29, 0.717) is 18.8 Å². The summed E-state index contributed by atoms with van der Waals surface area (Å²) in [5.41, 5.74) is 0.376. The van der Waals surface area contributed by atoms with Crippen molar-refractivity contribution in [1.29, 1.82) is 0 Å². The molecule has 4 nitrogen and oxygen atoms in total. The molecule has 3 aliphatic rings. The van der Waals surface area contributed by atoms with Crippen molar-refractivity contribution in [3.05, 3.63) is 35.3 Å². The van der Waals surface area contributed by atoms with Gasteiger partial charge in [0.1, 0.15) is 23.2 Å². The van der Waals surface area contributed by atoms with Gasteiger partial charge in [-0.05, 0) is 76.3 Å². The zero-order valence-corrected chi connectivity index (χ0v) is 18.7. The highest BCUT2D eigenvalue weighted by molar-refractivity contribution is 5.88. The van der Waals surface area contributed by atoms with Gasteiger partial charge in [-0.25, -0.2) is 0 Å². The monoisotopic (exact) mass is 400 g/mol. The van der Waals surface area contributed by atoms with Gasteiger partial charge in [0.2, 0.25) is 0 Å². The van der Waals surface area contributed by atoms with Gasteiger partial charge < -0.3 is 14.3 Å². The van der Waals surface area contributed by atoms with Crippen molar-refractivity contribution in [2.24, 2.45) is 29.6 Å². The van der Waals surface area contributed by atoms with E-state index in [-0.39, 0.29) is 23.5 Å². The Kier molecular flexibility index (Phi) is 5.10. The molecule has 3 fully saturated rings. The standard InChI is InChI=1S/C25H36O4/c1-14(2)13-20-25(27)17(5)18-8-7-16(4)21(18)22(26)23(25)24(6,29-20)11-9-19-15(3)10-12-28-19/h10,12-13,16-18,20-21,23,27H,7-9,11H2,1-6H3/t16-,17-,18-,20+,21-,23-,24-,25-/m0/s1. The average molecular weight is 401 g/mol. The zero-order valence-electron chi connectivity index (χ0n) is 18.7. The molecule has 4 heteroatoms. The van der Waals surface area contributed by atoms with E-state index in [2.05, 4.69) is 13.8 Å². The highest BCUT2D eigenvalue weighted by Gasteiger charge is 2.71. The second-order valence-electron chi connectivity index (χ2n) is 10.4.